The largest absolute Gasteiger partial charge is 0.506 e. The summed E-state index contributed by atoms with van der Waals surface area (Å²) < 4.78 is 5.33. The van der Waals surface area contributed by atoms with Gasteiger partial charge in [0, 0.05) is 5.39 Å². The van der Waals surface area contributed by atoms with Crippen LogP contribution in [0.25, 0.3) is 11.0 Å². The van der Waals surface area contributed by atoms with Gasteiger partial charge in [-0.2, -0.15) is 0 Å². The van der Waals surface area contributed by atoms with Crippen molar-refractivity contribution in [1.29, 1.82) is 0 Å². The third kappa shape index (κ3) is 3.04. The Morgan fingerprint density at radius 3 is 2.74 bits per heavy atom. The van der Waals surface area contributed by atoms with E-state index in [1.165, 1.54) is 0 Å². The lowest BCUT2D eigenvalue weighted by Crippen LogP contribution is -2.15. The molecule has 3 aromatic rings. The first-order valence-corrected chi connectivity index (χ1v) is 7.39. The van der Waals surface area contributed by atoms with Gasteiger partial charge in [0.1, 0.15) is 11.4 Å². The number of phenolic OH excluding ortho intramolecular Hbond substituents is 1. The smallest absolute Gasteiger partial charge is 0.230 e. The number of fused-ring (bicyclic) bond motifs is 1. The lowest BCUT2D eigenvalue weighted by molar-refractivity contribution is -0.115. The Kier molecular flexibility index (Phi) is 3.78. The molecule has 0 saturated carbocycles. The number of rotatable bonds is 3. The Bertz CT molecular complexity index is 897. The number of aryl methyl sites for hydroxylation is 3. The Labute approximate surface area is 133 Å². The van der Waals surface area contributed by atoms with Gasteiger partial charge in [-0.25, -0.2) is 0 Å². The molecular weight excluding hydrogens is 292 g/mol. The van der Waals surface area contributed by atoms with Crippen LogP contribution in [0.15, 0.2) is 34.9 Å². The zero-order chi connectivity index (χ0) is 16.6. The Morgan fingerprint density at radius 2 is 1.96 bits per heavy atom. The fourth-order valence-electron chi connectivity index (χ4n) is 2.74. The van der Waals surface area contributed by atoms with Crippen molar-refractivity contribution in [2.45, 2.75) is 27.2 Å². The third-order valence-electron chi connectivity index (χ3n) is 3.74. The second-order valence-corrected chi connectivity index (χ2v) is 5.83. The highest BCUT2D eigenvalue weighted by atomic mass is 16.5. The number of phenols is 1. The first-order valence-electron chi connectivity index (χ1n) is 7.39. The average Bonchev–Trinajstić information content (AvgIpc) is 2.85. The van der Waals surface area contributed by atoms with E-state index in [2.05, 4.69) is 10.5 Å². The van der Waals surface area contributed by atoms with Crippen LogP contribution in [0.5, 0.6) is 5.75 Å². The van der Waals surface area contributed by atoms with E-state index in [0.29, 0.717) is 17.0 Å². The summed E-state index contributed by atoms with van der Waals surface area (Å²) in [6.45, 7) is 5.86. The van der Waals surface area contributed by atoms with Crippen LogP contribution in [0.3, 0.4) is 0 Å². The number of nitrogens with one attached hydrogen (secondary N) is 1. The zero-order valence-electron chi connectivity index (χ0n) is 13.3. The first-order chi connectivity index (χ1) is 10.9. The highest BCUT2D eigenvalue weighted by Crippen LogP contribution is 2.26. The van der Waals surface area contributed by atoms with E-state index in [-0.39, 0.29) is 18.1 Å². The number of carbonyl (C=O) groups is 1. The lowest BCUT2D eigenvalue weighted by Gasteiger charge is -2.07. The summed E-state index contributed by atoms with van der Waals surface area (Å²) in [5.41, 5.74) is 4.76. The summed E-state index contributed by atoms with van der Waals surface area (Å²) in [7, 11) is 0. The number of aromatic hydroxyl groups is 1. The molecule has 0 aliphatic rings. The number of amides is 1. The van der Waals surface area contributed by atoms with Crippen LogP contribution >= 0.6 is 0 Å². The minimum absolute atomic E-state index is 0.0424. The van der Waals surface area contributed by atoms with Crippen LogP contribution in [0.4, 0.5) is 5.69 Å². The number of benzene rings is 2. The van der Waals surface area contributed by atoms with Gasteiger partial charge in [-0.1, -0.05) is 17.3 Å². The number of nitrogens with zero attached hydrogens (tertiary/aromatic N) is 1. The van der Waals surface area contributed by atoms with E-state index in [1.54, 1.807) is 18.2 Å². The number of hydrogen-bond acceptors (Lipinski definition) is 4. The second-order valence-electron chi connectivity index (χ2n) is 5.83. The predicted octanol–water partition coefficient (Wildman–Crippen LogP) is 3.64. The lowest BCUT2D eigenvalue weighted by atomic mass is 10.0. The van der Waals surface area contributed by atoms with Crippen molar-refractivity contribution in [2.24, 2.45) is 0 Å². The molecule has 0 atom stereocenters. The van der Waals surface area contributed by atoms with Crippen molar-refractivity contribution in [1.82, 2.24) is 5.16 Å². The molecule has 0 aliphatic carbocycles. The topological polar surface area (TPSA) is 75.4 Å². The van der Waals surface area contributed by atoms with Crippen LogP contribution < -0.4 is 5.32 Å². The van der Waals surface area contributed by atoms with Gasteiger partial charge in [-0.05, 0) is 55.7 Å². The Morgan fingerprint density at radius 1 is 1.17 bits per heavy atom. The maximum atomic E-state index is 12.3. The number of hydrogen-bond donors (Lipinski definition) is 2. The average molecular weight is 310 g/mol. The molecule has 1 heterocycles. The van der Waals surface area contributed by atoms with E-state index in [1.807, 2.05) is 32.9 Å². The van der Waals surface area contributed by atoms with Gasteiger partial charge in [0.05, 0.1) is 12.1 Å². The highest BCUT2D eigenvalue weighted by Gasteiger charge is 2.15. The van der Waals surface area contributed by atoms with Crippen molar-refractivity contribution >= 4 is 22.6 Å². The third-order valence-corrected chi connectivity index (χ3v) is 3.74. The second kappa shape index (κ2) is 5.76. The van der Waals surface area contributed by atoms with E-state index >= 15 is 0 Å². The maximum absolute atomic E-state index is 12.3. The van der Waals surface area contributed by atoms with Crippen LogP contribution in [-0.2, 0) is 11.2 Å². The van der Waals surface area contributed by atoms with Gasteiger partial charge >= 0.3 is 0 Å². The number of anilines is 1. The number of aromatic nitrogens is 1. The minimum atomic E-state index is -0.249. The standard InChI is InChI=1S/C18H18N2O3/c1-10-4-5-15(21)13(7-10)19-17(22)9-14-18-12(3)6-11(2)8-16(18)23-20-14/h4-8,21H,9H2,1-3H3,(H,19,22). The summed E-state index contributed by atoms with van der Waals surface area (Å²) in [6.07, 6.45) is 0.0876. The van der Waals surface area contributed by atoms with Gasteiger partial charge in [-0.15, -0.1) is 0 Å². The Balaban J connectivity index is 1.85. The molecule has 0 spiro atoms. The van der Waals surface area contributed by atoms with E-state index < -0.39 is 0 Å². The summed E-state index contributed by atoms with van der Waals surface area (Å²) in [4.78, 5) is 12.3. The molecule has 0 saturated heterocycles. The molecular formula is C18H18N2O3. The normalized spacial score (nSPS) is 10.9. The van der Waals surface area contributed by atoms with E-state index in [4.69, 9.17) is 4.52 Å². The zero-order valence-corrected chi connectivity index (χ0v) is 13.3. The number of carbonyl (C=O) groups excluding carboxylic acids is 1. The van der Waals surface area contributed by atoms with Crippen LogP contribution in [0.1, 0.15) is 22.4 Å². The molecule has 3 rings (SSSR count). The summed E-state index contributed by atoms with van der Waals surface area (Å²) in [5.74, 6) is -0.207. The fourth-order valence-corrected chi connectivity index (χ4v) is 2.74. The van der Waals surface area contributed by atoms with Crippen molar-refractivity contribution in [3.05, 3.63) is 52.7 Å². The summed E-state index contributed by atoms with van der Waals surface area (Å²) in [5, 5.41) is 17.4. The van der Waals surface area contributed by atoms with Crippen molar-refractivity contribution in [3.8, 4) is 5.75 Å². The first kappa shape index (κ1) is 15.1. The van der Waals surface area contributed by atoms with Gasteiger partial charge in [0.25, 0.3) is 0 Å². The minimum Gasteiger partial charge on any atom is -0.506 e. The molecule has 0 fully saturated rings. The van der Waals surface area contributed by atoms with Gasteiger partial charge in [0.15, 0.2) is 5.58 Å². The summed E-state index contributed by atoms with van der Waals surface area (Å²) >= 11 is 0. The molecule has 23 heavy (non-hydrogen) atoms. The molecule has 5 heteroatoms. The van der Waals surface area contributed by atoms with Crippen molar-refractivity contribution in [3.63, 3.8) is 0 Å². The van der Waals surface area contributed by atoms with Crippen LogP contribution in [-0.4, -0.2) is 16.2 Å². The molecule has 0 radical (unpaired) electrons. The Hall–Kier alpha value is -2.82. The summed E-state index contributed by atoms with van der Waals surface area (Å²) in [6, 6.07) is 9.00. The van der Waals surface area contributed by atoms with Crippen molar-refractivity contribution in [2.75, 3.05) is 5.32 Å². The maximum Gasteiger partial charge on any atom is 0.230 e. The van der Waals surface area contributed by atoms with Crippen molar-refractivity contribution < 1.29 is 14.4 Å². The molecule has 118 valence electrons. The van der Waals surface area contributed by atoms with Gasteiger partial charge < -0.3 is 14.9 Å². The fraction of sp³-hybridized carbons (Fsp3) is 0.222. The molecule has 0 aliphatic heterocycles. The molecule has 2 aromatic carbocycles. The molecule has 2 N–H and O–H groups in total. The monoisotopic (exact) mass is 310 g/mol. The SMILES string of the molecule is Cc1ccc(O)c(NC(=O)Cc2noc3cc(C)cc(C)c23)c1. The van der Waals surface area contributed by atoms with Gasteiger partial charge in [0.2, 0.25) is 5.91 Å². The van der Waals surface area contributed by atoms with Gasteiger partial charge in [-0.3, -0.25) is 4.79 Å². The van der Waals surface area contributed by atoms with Crippen LogP contribution in [0, 0.1) is 20.8 Å². The van der Waals surface area contributed by atoms with E-state index in [0.717, 1.165) is 22.1 Å². The van der Waals surface area contributed by atoms with E-state index in [9.17, 15) is 9.90 Å². The van der Waals surface area contributed by atoms with Crippen LogP contribution in [0.2, 0.25) is 0 Å². The molecule has 1 aromatic heterocycles. The quantitative estimate of drug-likeness (QED) is 0.724. The molecule has 0 unspecified atom stereocenters. The highest BCUT2D eigenvalue weighted by molar-refractivity contribution is 5.96. The molecule has 0 bridgehead atoms. The predicted molar refractivity (Wildman–Crippen MR) is 88.7 cm³/mol. The molecule has 5 nitrogen and oxygen atoms in total. The molecule has 1 amide bonds.